The van der Waals surface area contributed by atoms with E-state index < -0.39 is 11.7 Å². The van der Waals surface area contributed by atoms with Crippen LogP contribution in [0, 0.1) is 0 Å². The van der Waals surface area contributed by atoms with Crippen molar-refractivity contribution in [1.29, 1.82) is 0 Å². The van der Waals surface area contributed by atoms with Crippen molar-refractivity contribution in [3.63, 3.8) is 0 Å². The van der Waals surface area contributed by atoms with E-state index in [0.717, 1.165) is 11.3 Å². The first-order valence-corrected chi connectivity index (χ1v) is 5.63. The Morgan fingerprint density at radius 1 is 1.24 bits per heavy atom. The zero-order valence-electron chi connectivity index (χ0n) is 10.8. The van der Waals surface area contributed by atoms with Crippen LogP contribution in [-0.2, 0) is 4.74 Å². The molecule has 0 heterocycles. The lowest BCUT2D eigenvalue weighted by Crippen LogP contribution is -2.27. The van der Waals surface area contributed by atoms with Crippen LogP contribution >= 0.6 is 0 Å². The molecule has 0 fully saturated rings. The summed E-state index contributed by atoms with van der Waals surface area (Å²) in [6, 6.07) is 7.57. The SMILES string of the molecule is C/C=C\c1ccc(NC(=O)OC(C)(C)C)cc1. The molecule has 0 unspecified atom stereocenters. The molecular weight excluding hydrogens is 214 g/mol. The molecule has 1 amide bonds. The third-order valence-corrected chi connectivity index (χ3v) is 1.92. The van der Waals surface area contributed by atoms with Crippen molar-refractivity contribution in [2.45, 2.75) is 33.3 Å². The fourth-order valence-corrected chi connectivity index (χ4v) is 1.29. The number of allylic oxidation sites excluding steroid dienone is 1. The molecule has 0 bridgehead atoms. The minimum atomic E-state index is -0.477. The maximum absolute atomic E-state index is 11.5. The summed E-state index contributed by atoms with van der Waals surface area (Å²) in [5, 5.41) is 2.68. The van der Waals surface area contributed by atoms with Crippen molar-refractivity contribution >= 4 is 17.9 Å². The van der Waals surface area contributed by atoms with Crippen molar-refractivity contribution in [2.75, 3.05) is 5.32 Å². The van der Waals surface area contributed by atoms with Crippen LogP contribution in [0.2, 0.25) is 0 Å². The Bertz CT molecular complexity index is 399. The van der Waals surface area contributed by atoms with Gasteiger partial charge in [0.15, 0.2) is 0 Å². The predicted octanol–water partition coefficient (Wildman–Crippen LogP) is 4.07. The standard InChI is InChI=1S/C14H19NO2/c1-5-6-11-7-9-12(10-8-11)15-13(16)17-14(2,3)4/h5-10H,1-4H3,(H,15,16)/b6-5-. The van der Waals surface area contributed by atoms with Crippen LogP contribution in [0.4, 0.5) is 10.5 Å². The summed E-state index contributed by atoms with van der Waals surface area (Å²) in [4.78, 5) is 11.5. The van der Waals surface area contributed by atoms with Crippen molar-refractivity contribution in [3.05, 3.63) is 35.9 Å². The topological polar surface area (TPSA) is 38.3 Å². The second-order valence-corrected chi connectivity index (χ2v) is 4.75. The van der Waals surface area contributed by atoms with Gasteiger partial charge in [0.1, 0.15) is 5.60 Å². The molecule has 0 aromatic heterocycles. The van der Waals surface area contributed by atoms with Gasteiger partial charge in [0.2, 0.25) is 0 Å². The first-order valence-electron chi connectivity index (χ1n) is 5.63. The molecule has 1 rings (SSSR count). The number of benzene rings is 1. The highest BCUT2D eigenvalue weighted by molar-refractivity contribution is 5.85. The van der Waals surface area contributed by atoms with Gasteiger partial charge in [0, 0.05) is 5.69 Å². The molecule has 0 spiro atoms. The summed E-state index contributed by atoms with van der Waals surface area (Å²) in [7, 11) is 0. The quantitative estimate of drug-likeness (QED) is 0.836. The number of nitrogens with one attached hydrogen (secondary N) is 1. The maximum atomic E-state index is 11.5. The van der Waals surface area contributed by atoms with E-state index >= 15 is 0 Å². The molecule has 0 saturated heterocycles. The minimum absolute atomic E-state index is 0.434. The van der Waals surface area contributed by atoms with Crippen LogP contribution in [0.15, 0.2) is 30.3 Å². The van der Waals surface area contributed by atoms with E-state index in [4.69, 9.17) is 4.74 Å². The van der Waals surface area contributed by atoms with E-state index in [2.05, 4.69) is 5.32 Å². The fraction of sp³-hybridized carbons (Fsp3) is 0.357. The summed E-state index contributed by atoms with van der Waals surface area (Å²) in [6.45, 7) is 7.47. The van der Waals surface area contributed by atoms with Crippen molar-refractivity contribution in [3.8, 4) is 0 Å². The fourth-order valence-electron chi connectivity index (χ4n) is 1.29. The molecule has 0 atom stereocenters. The van der Waals surface area contributed by atoms with Gasteiger partial charge in [-0.2, -0.15) is 0 Å². The Kier molecular flexibility index (Phi) is 4.32. The zero-order chi connectivity index (χ0) is 12.9. The molecule has 92 valence electrons. The largest absolute Gasteiger partial charge is 0.444 e. The Morgan fingerprint density at radius 2 is 1.82 bits per heavy atom. The third-order valence-electron chi connectivity index (χ3n) is 1.92. The van der Waals surface area contributed by atoms with Gasteiger partial charge in [0.25, 0.3) is 0 Å². The average molecular weight is 233 g/mol. The molecule has 1 aromatic carbocycles. The highest BCUT2D eigenvalue weighted by Crippen LogP contribution is 2.13. The number of ether oxygens (including phenoxy) is 1. The molecule has 0 radical (unpaired) electrons. The van der Waals surface area contributed by atoms with Gasteiger partial charge in [0.05, 0.1) is 0 Å². The molecule has 0 aliphatic rings. The van der Waals surface area contributed by atoms with Gasteiger partial charge in [-0.25, -0.2) is 4.79 Å². The van der Waals surface area contributed by atoms with Crippen molar-refractivity contribution in [2.24, 2.45) is 0 Å². The number of carbonyl (C=O) groups is 1. The number of hydrogen-bond donors (Lipinski definition) is 1. The summed E-state index contributed by atoms with van der Waals surface area (Å²) >= 11 is 0. The Balaban J connectivity index is 2.60. The second-order valence-electron chi connectivity index (χ2n) is 4.75. The van der Waals surface area contributed by atoms with E-state index in [0.29, 0.717) is 0 Å². The van der Waals surface area contributed by atoms with E-state index in [-0.39, 0.29) is 0 Å². The normalized spacial score (nSPS) is 11.5. The summed E-state index contributed by atoms with van der Waals surface area (Å²) < 4.78 is 5.16. The molecule has 1 N–H and O–H groups in total. The van der Waals surface area contributed by atoms with Crippen LogP contribution in [0.25, 0.3) is 6.08 Å². The zero-order valence-corrected chi connectivity index (χ0v) is 10.8. The van der Waals surface area contributed by atoms with Gasteiger partial charge in [-0.15, -0.1) is 0 Å². The summed E-state index contributed by atoms with van der Waals surface area (Å²) in [5.74, 6) is 0. The van der Waals surface area contributed by atoms with Crippen LogP contribution in [0.5, 0.6) is 0 Å². The molecule has 1 aromatic rings. The number of hydrogen-bond acceptors (Lipinski definition) is 2. The van der Waals surface area contributed by atoms with Crippen molar-refractivity contribution in [1.82, 2.24) is 0 Å². The van der Waals surface area contributed by atoms with E-state index in [1.165, 1.54) is 0 Å². The van der Waals surface area contributed by atoms with Gasteiger partial charge in [-0.3, -0.25) is 5.32 Å². The Labute approximate surface area is 102 Å². The lowest BCUT2D eigenvalue weighted by atomic mass is 10.2. The van der Waals surface area contributed by atoms with Crippen LogP contribution in [-0.4, -0.2) is 11.7 Å². The minimum Gasteiger partial charge on any atom is -0.444 e. The first-order chi connectivity index (χ1) is 7.90. The molecular formula is C14H19NO2. The molecule has 0 saturated carbocycles. The Hall–Kier alpha value is -1.77. The van der Waals surface area contributed by atoms with E-state index in [9.17, 15) is 4.79 Å². The average Bonchev–Trinajstić information content (AvgIpc) is 2.18. The van der Waals surface area contributed by atoms with Crippen molar-refractivity contribution < 1.29 is 9.53 Å². The highest BCUT2D eigenvalue weighted by atomic mass is 16.6. The number of rotatable bonds is 2. The summed E-state index contributed by atoms with van der Waals surface area (Å²) in [6.07, 6.45) is 3.53. The third kappa shape index (κ3) is 5.20. The Morgan fingerprint density at radius 3 is 2.29 bits per heavy atom. The summed E-state index contributed by atoms with van der Waals surface area (Å²) in [5.41, 5.74) is 1.35. The lowest BCUT2D eigenvalue weighted by Gasteiger charge is -2.19. The molecule has 0 aliphatic heterocycles. The van der Waals surface area contributed by atoms with Gasteiger partial charge in [-0.1, -0.05) is 24.3 Å². The monoisotopic (exact) mass is 233 g/mol. The lowest BCUT2D eigenvalue weighted by molar-refractivity contribution is 0.0636. The van der Waals surface area contributed by atoms with Crippen LogP contribution < -0.4 is 5.32 Å². The molecule has 3 nitrogen and oxygen atoms in total. The highest BCUT2D eigenvalue weighted by Gasteiger charge is 2.15. The molecule has 0 aliphatic carbocycles. The maximum Gasteiger partial charge on any atom is 0.412 e. The van der Waals surface area contributed by atoms with Gasteiger partial charge < -0.3 is 4.74 Å². The predicted molar refractivity (Wildman–Crippen MR) is 71.0 cm³/mol. The smallest absolute Gasteiger partial charge is 0.412 e. The first kappa shape index (κ1) is 13.3. The molecule has 17 heavy (non-hydrogen) atoms. The second kappa shape index (κ2) is 5.53. The van der Waals surface area contributed by atoms with Gasteiger partial charge in [-0.05, 0) is 45.4 Å². The number of anilines is 1. The van der Waals surface area contributed by atoms with Gasteiger partial charge >= 0.3 is 6.09 Å². The van der Waals surface area contributed by atoms with Crippen LogP contribution in [0.1, 0.15) is 33.3 Å². The van der Waals surface area contributed by atoms with Crippen LogP contribution in [0.3, 0.4) is 0 Å². The van der Waals surface area contributed by atoms with E-state index in [1.54, 1.807) is 0 Å². The van der Waals surface area contributed by atoms with E-state index in [1.807, 2.05) is 64.1 Å². The number of carbonyl (C=O) groups excluding carboxylic acids is 1. The number of amides is 1. The molecule has 3 heteroatoms.